The van der Waals surface area contributed by atoms with Gasteiger partial charge in [-0.05, 0) is 36.4 Å². The van der Waals surface area contributed by atoms with E-state index in [1.165, 1.54) is 24.4 Å². The fourth-order valence-electron chi connectivity index (χ4n) is 2.87. The van der Waals surface area contributed by atoms with E-state index in [2.05, 4.69) is 25.3 Å². The monoisotopic (exact) mass is 388 g/mol. The molecule has 1 aromatic carbocycles. The van der Waals surface area contributed by atoms with Crippen LogP contribution in [0.15, 0.2) is 67.0 Å². The number of benzene rings is 1. The average Bonchev–Trinajstić information content (AvgIpc) is 3.17. The lowest BCUT2D eigenvalue weighted by atomic mass is 10.1. The molecule has 4 aromatic rings. The number of aromatic nitrogens is 4. The summed E-state index contributed by atoms with van der Waals surface area (Å²) < 4.78 is 13.7. The summed E-state index contributed by atoms with van der Waals surface area (Å²) in [6, 6.07) is 14.8. The SMILES string of the molecule is Nc1ccnc(C(=O)NCc2nc(-c3cccc(F)c3)c(-c3ccccn3)[nH]2)c1. The van der Waals surface area contributed by atoms with Crippen molar-refractivity contribution in [1.29, 1.82) is 0 Å². The number of carbonyl (C=O) groups excluding carboxylic acids is 1. The molecule has 0 fully saturated rings. The van der Waals surface area contributed by atoms with Crippen LogP contribution in [0.4, 0.5) is 10.1 Å². The summed E-state index contributed by atoms with van der Waals surface area (Å²) in [5.41, 5.74) is 8.82. The van der Waals surface area contributed by atoms with E-state index >= 15 is 0 Å². The number of amides is 1. The molecule has 0 saturated carbocycles. The normalized spacial score (nSPS) is 10.7. The number of hydrogen-bond donors (Lipinski definition) is 3. The maximum atomic E-state index is 13.7. The third-order valence-corrected chi connectivity index (χ3v) is 4.20. The molecule has 3 aromatic heterocycles. The van der Waals surface area contributed by atoms with Crippen LogP contribution in [0.1, 0.15) is 16.3 Å². The van der Waals surface area contributed by atoms with Gasteiger partial charge in [0.1, 0.15) is 17.3 Å². The highest BCUT2D eigenvalue weighted by atomic mass is 19.1. The van der Waals surface area contributed by atoms with Gasteiger partial charge >= 0.3 is 0 Å². The van der Waals surface area contributed by atoms with Crippen molar-refractivity contribution in [2.24, 2.45) is 0 Å². The van der Waals surface area contributed by atoms with Gasteiger partial charge in [-0.15, -0.1) is 0 Å². The second kappa shape index (κ2) is 7.89. The van der Waals surface area contributed by atoms with Crippen LogP contribution in [0.5, 0.6) is 0 Å². The van der Waals surface area contributed by atoms with E-state index in [0.717, 1.165) is 0 Å². The zero-order chi connectivity index (χ0) is 20.2. The van der Waals surface area contributed by atoms with Gasteiger partial charge < -0.3 is 16.0 Å². The summed E-state index contributed by atoms with van der Waals surface area (Å²) in [6.45, 7) is 0.129. The van der Waals surface area contributed by atoms with Crippen LogP contribution in [0.3, 0.4) is 0 Å². The number of anilines is 1. The summed E-state index contributed by atoms with van der Waals surface area (Å²) in [7, 11) is 0. The van der Waals surface area contributed by atoms with Crippen LogP contribution >= 0.6 is 0 Å². The van der Waals surface area contributed by atoms with Crippen molar-refractivity contribution in [3.05, 3.63) is 84.3 Å². The van der Waals surface area contributed by atoms with E-state index in [1.54, 1.807) is 30.5 Å². The first-order valence-corrected chi connectivity index (χ1v) is 8.86. The largest absolute Gasteiger partial charge is 0.399 e. The fraction of sp³-hybridized carbons (Fsp3) is 0.0476. The van der Waals surface area contributed by atoms with Crippen molar-refractivity contribution in [1.82, 2.24) is 25.3 Å². The predicted molar refractivity (Wildman–Crippen MR) is 107 cm³/mol. The standard InChI is InChI=1S/C21H17FN6O/c22-14-5-3-4-13(10-14)19-20(16-6-1-2-8-24-16)28-18(27-19)12-26-21(29)17-11-15(23)7-9-25-17/h1-11H,12H2,(H2,23,25)(H,26,29)(H,27,28). The van der Waals surface area contributed by atoms with Crippen LogP contribution in [0, 0.1) is 5.82 Å². The number of halogens is 1. The number of rotatable bonds is 5. The Labute approximate surface area is 165 Å². The third-order valence-electron chi connectivity index (χ3n) is 4.20. The van der Waals surface area contributed by atoms with Gasteiger partial charge in [0.2, 0.25) is 0 Å². The maximum absolute atomic E-state index is 13.7. The summed E-state index contributed by atoms with van der Waals surface area (Å²) in [5, 5.41) is 2.75. The lowest BCUT2D eigenvalue weighted by Crippen LogP contribution is -2.24. The quantitative estimate of drug-likeness (QED) is 0.486. The second-order valence-corrected chi connectivity index (χ2v) is 6.29. The van der Waals surface area contributed by atoms with Gasteiger partial charge in [0.15, 0.2) is 0 Å². The molecule has 4 rings (SSSR count). The van der Waals surface area contributed by atoms with Crippen LogP contribution in [0.2, 0.25) is 0 Å². The number of nitrogens with one attached hydrogen (secondary N) is 2. The van der Waals surface area contributed by atoms with E-state index in [0.29, 0.717) is 34.2 Å². The number of pyridine rings is 2. The van der Waals surface area contributed by atoms with Crippen molar-refractivity contribution >= 4 is 11.6 Å². The van der Waals surface area contributed by atoms with Crippen molar-refractivity contribution in [3.8, 4) is 22.6 Å². The lowest BCUT2D eigenvalue weighted by Gasteiger charge is -2.03. The highest BCUT2D eigenvalue weighted by Crippen LogP contribution is 2.29. The smallest absolute Gasteiger partial charge is 0.270 e. The number of carbonyl (C=O) groups is 1. The molecule has 0 spiro atoms. The Morgan fingerprint density at radius 1 is 1.07 bits per heavy atom. The Balaban J connectivity index is 1.64. The summed E-state index contributed by atoms with van der Waals surface area (Å²) in [4.78, 5) is 28.4. The molecule has 0 atom stereocenters. The minimum absolute atomic E-state index is 0.129. The van der Waals surface area contributed by atoms with Gasteiger partial charge in [-0.3, -0.25) is 14.8 Å². The predicted octanol–water partition coefficient (Wildman–Crippen LogP) is 3.19. The third kappa shape index (κ3) is 4.11. The molecule has 0 aliphatic rings. The molecule has 3 heterocycles. The van der Waals surface area contributed by atoms with E-state index in [1.807, 2.05) is 12.1 Å². The first-order valence-electron chi connectivity index (χ1n) is 8.86. The zero-order valence-corrected chi connectivity index (χ0v) is 15.3. The van der Waals surface area contributed by atoms with Gasteiger partial charge in [0.25, 0.3) is 5.91 Å². The molecule has 0 aliphatic carbocycles. The second-order valence-electron chi connectivity index (χ2n) is 6.29. The molecule has 8 heteroatoms. The van der Waals surface area contributed by atoms with Crippen molar-refractivity contribution < 1.29 is 9.18 Å². The van der Waals surface area contributed by atoms with Gasteiger partial charge in [0, 0.05) is 23.6 Å². The molecule has 1 amide bonds. The molecule has 144 valence electrons. The number of nitrogens with zero attached hydrogens (tertiary/aromatic N) is 3. The Morgan fingerprint density at radius 2 is 1.97 bits per heavy atom. The first kappa shape index (κ1) is 18.3. The Kier molecular flexibility index (Phi) is 4.98. The maximum Gasteiger partial charge on any atom is 0.270 e. The summed E-state index contributed by atoms with van der Waals surface area (Å²) in [6.07, 6.45) is 3.14. The Hall–Kier alpha value is -4.07. The number of H-pyrrole nitrogens is 1. The topological polar surface area (TPSA) is 110 Å². The zero-order valence-electron chi connectivity index (χ0n) is 15.3. The van der Waals surface area contributed by atoms with E-state index < -0.39 is 0 Å². The van der Waals surface area contributed by atoms with Crippen LogP contribution < -0.4 is 11.1 Å². The van der Waals surface area contributed by atoms with E-state index in [9.17, 15) is 9.18 Å². The summed E-state index contributed by atoms with van der Waals surface area (Å²) >= 11 is 0. The highest BCUT2D eigenvalue weighted by molar-refractivity contribution is 5.92. The molecule has 0 aliphatic heterocycles. The highest BCUT2D eigenvalue weighted by Gasteiger charge is 2.16. The number of aromatic amines is 1. The lowest BCUT2D eigenvalue weighted by molar-refractivity contribution is 0.0945. The van der Waals surface area contributed by atoms with Crippen molar-refractivity contribution in [2.75, 3.05) is 5.73 Å². The fourth-order valence-corrected chi connectivity index (χ4v) is 2.87. The van der Waals surface area contributed by atoms with Gasteiger partial charge in [-0.2, -0.15) is 0 Å². The average molecular weight is 388 g/mol. The molecule has 29 heavy (non-hydrogen) atoms. The molecule has 0 unspecified atom stereocenters. The molecule has 0 radical (unpaired) electrons. The molecular formula is C21H17FN6O. The summed E-state index contributed by atoms with van der Waals surface area (Å²) in [5.74, 6) is -0.234. The molecular weight excluding hydrogens is 371 g/mol. The van der Waals surface area contributed by atoms with Crippen molar-refractivity contribution in [3.63, 3.8) is 0 Å². The molecule has 0 saturated heterocycles. The Bertz CT molecular complexity index is 1160. The van der Waals surface area contributed by atoms with E-state index in [4.69, 9.17) is 5.73 Å². The van der Waals surface area contributed by atoms with Gasteiger partial charge in [-0.25, -0.2) is 9.37 Å². The van der Waals surface area contributed by atoms with E-state index in [-0.39, 0.29) is 24.0 Å². The number of nitrogen functional groups attached to an aromatic ring is 1. The molecule has 7 nitrogen and oxygen atoms in total. The van der Waals surface area contributed by atoms with Crippen molar-refractivity contribution in [2.45, 2.75) is 6.54 Å². The molecule has 4 N–H and O–H groups in total. The first-order chi connectivity index (χ1) is 14.1. The number of nitrogens with two attached hydrogens (primary N) is 1. The number of imidazole rings is 1. The minimum atomic E-state index is -0.375. The number of hydrogen-bond acceptors (Lipinski definition) is 5. The minimum Gasteiger partial charge on any atom is -0.399 e. The van der Waals surface area contributed by atoms with Crippen LogP contribution in [-0.2, 0) is 6.54 Å². The Morgan fingerprint density at radius 3 is 2.72 bits per heavy atom. The van der Waals surface area contributed by atoms with Gasteiger partial charge in [-0.1, -0.05) is 18.2 Å². The van der Waals surface area contributed by atoms with Crippen LogP contribution in [0.25, 0.3) is 22.6 Å². The van der Waals surface area contributed by atoms with Crippen LogP contribution in [-0.4, -0.2) is 25.8 Å². The van der Waals surface area contributed by atoms with Gasteiger partial charge in [0.05, 0.1) is 23.6 Å². The molecule has 0 bridgehead atoms.